The Bertz CT molecular complexity index is 848. The van der Waals surface area contributed by atoms with Gasteiger partial charge < -0.3 is 14.8 Å². The van der Waals surface area contributed by atoms with E-state index in [-0.39, 0.29) is 17.9 Å². The Morgan fingerprint density at radius 1 is 0.862 bits per heavy atom. The van der Waals surface area contributed by atoms with Crippen LogP contribution in [-0.2, 0) is 0 Å². The lowest BCUT2D eigenvalue weighted by Gasteiger charge is -2.26. The molecule has 2 amide bonds. The van der Waals surface area contributed by atoms with E-state index in [0.29, 0.717) is 24.3 Å². The zero-order chi connectivity index (χ0) is 20.1. The van der Waals surface area contributed by atoms with Crippen molar-refractivity contribution in [3.63, 3.8) is 0 Å². The number of amides is 2. The van der Waals surface area contributed by atoms with Gasteiger partial charge in [-0.3, -0.25) is 14.5 Å². The molecule has 2 aromatic rings. The van der Waals surface area contributed by atoms with Crippen molar-refractivity contribution in [1.82, 2.24) is 10.2 Å². The third kappa shape index (κ3) is 4.43. The standard InChI is InChI=1S/C23H26N2O4/c26-22-18-9-3-4-10-19(18)23(27)25(22)14-8-2-1-7-13-24-15-17-16-28-20-11-5-6-12-21(20)29-17/h3-6,9-12,17,24H,1-2,7-8,13-16H2. The number of nitrogens with one attached hydrogen (secondary N) is 1. The Morgan fingerprint density at radius 3 is 2.28 bits per heavy atom. The van der Waals surface area contributed by atoms with E-state index in [4.69, 9.17) is 9.47 Å². The van der Waals surface area contributed by atoms with Crippen molar-refractivity contribution < 1.29 is 19.1 Å². The number of fused-ring (bicyclic) bond motifs is 2. The minimum absolute atomic E-state index is 0.0266. The third-order valence-electron chi connectivity index (χ3n) is 5.30. The summed E-state index contributed by atoms with van der Waals surface area (Å²) in [6.45, 7) is 2.72. The van der Waals surface area contributed by atoms with Crippen LogP contribution in [-0.4, -0.2) is 49.1 Å². The molecule has 2 heterocycles. The van der Waals surface area contributed by atoms with Gasteiger partial charge >= 0.3 is 0 Å². The predicted molar refractivity (Wildman–Crippen MR) is 109 cm³/mol. The molecule has 0 fully saturated rings. The molecule has 4 rings (SSSR count). The van der Waals surface area contributed by atoms with Crippen LogP contribution in [0.15, 0.2) is 48.5 Å². The van der Waals surface area contributed by atoms with E-state index in [0.717, 1.165) is 50.3 Å². The van der Waals surface area contributed by atoms with Crippen molar-refractivity contribution in [2.24, 2.45) is 0 Å². The van der Waals surface area contributed by atoms with Crippen molar-refractivity contribution in [2.45, 2.75) is 31.8 Å². The lowest BCUT2D eigenvalue weighted by Crippen LogP contribution is -2.38. The Kier molecular flexibility index (Phi) is 6.10. The molecule has 1 unspecified atom stereocenters. The molecule has 0 bridgehead atoms. The van der Waals surface area contributed by atoms with Crippen LogP contribution >= 0.6 is 0 Å². The van der Waals surface area contributed by atoms with Gasteiger partial charge in [0.15, 0.2) is 11.5 Å². The van der Waals surface area contributed by atoms with E-state index in [9.17, 15) is 9.59 Å². The van der Waals surface area contributed by atoms with Gasteiger partial charge in [0.05, 0.1) is 11.1 Å². The van der Waals surface area contributed by atoms with Gasteiger partial charge in [-0.2, -0.15) is 0 Å². The fraction of sp³-hybridized carbons (Fsp3) is 0.391. The van der Waals surface area contributed by atoms with Gasteiger partial charge in [0.2, 0.25) is 0 Å². The van der Waals surface area contributed by atoms with Crippen LogP contribution in [0.3, 0.4) is 0 Å². The summed E-state index contributed by atoms with van der Waals surface area (Å²) in [6, 6.07) is 14.8. The molecular formula is C23H26N2O4. The Morgan fingerprint density at radius 2 is 1.52 bits per heavy atom. The molecule has 0 saturated carbocycles. The lowest BCUT2D eigenvalue weighted by molar-refractivity contribution is 0.0651. The molecule has 6 heteroatoms. The number of benzene rings is 2. The van der Waals surface area contributed by atoms with Crippen LogP contribution < -0.4 is 14.8 Å². The van der Waals surface area contributed by atoms with Crippen molar-refractivity contribution >= 4 is 11.8 Å². The van der Waals surface area contributed by atoms with E-state index >= 15 is 0 Å². The van der Waals surface area contributed by atoms with Crippen LogP contribution in [0.5, 0.6) is 11.5 Å². The zero-order valence-corrected chi connectivity index (χ0v) is 16.4. The zero-order valence-electron chi connectivity index (χ0n) is 16.4. The molecule has 0 aliphatic carbocycles. The van der Waals surface area contributed by atoms with Gasteiger partial charge in [0.1, 0.15) is 12.7 Å². The number of rotatable bonds is 9. The maximum atomic E-state index is 12.3. The molecule has 2 aliphatic rings. The normalized spacial score (nSPS) is 17.5. The number of unbranched alkanes of at least 4 members (excludes halogenated alkanes) is 3. The van der Waals surface area contributed by atoms with Crippen LogP contribution in [0, 0.1) is 0 Å². The van der Waals surface area contributed by atoms with E-state index < -0.39 is 0 Å². The second kappa shape index (κ2) is 9.09. The highest BCUT2D eigenvalue weighted by atomic mass is 16.6. The Hall–Kier alpha value is -2.86. The maximum absolute atomic E-state index is 12.3. The number of carbonyl (C=O) groups is 2. The molecule has 2 aromatic carbocycles. The van der Waals surface area contributed by atoms with Crippen molar-refractivity contribution in [3.05, 3.63) is 59.7 Å². The van der Waals surface area contributed by atoms with Crippen LogP contribution in [0.4, 0.5) is 0 Å². The van der Waals surface area contributed by atoms with Gasteiger partial charge in [-0.15, -0.1) is 0 Å². The van der Waals surface area contributed by atoms with Crippen LogP contribution in [0.2, 0.25) is 0 Å². The average Bonchev–Trinajstić information content (AvgIpc) is 3.00. The quantitative estimate of drug-likeness (QED) is 0.522. The van der Waals surface area contributed by atoms with E-state index in [1.54, 1.807) is 24.3 Å². The summed E-state index contributed by atoms with van der Waals surface area (Å²) in [5, 5.41) is 3.42. The minimum atomic E-state index is -0.163. The second-order valence-corrected chi connectivity index (χ2v) is 7.42. The second-order valence-electron chi connectivity index (χ2n) is 7.42. The first-order valence-electron chi connectivity index (χ1n) is 10.3. The average molecular weight is 394 g/mol. The monoisotopic (exact) mass is 394 g/mol. The fourth-order valence-electron chi connectivity index (χ4n) is 3.74. The molecule has 29 heavy (non-hydrogen) atoms. The molecular weight excluding hydrogens is 368 g/mol. The molecule has 2 aliphatic heterocycles. The first-order valence-corrected chi connectivity index (χ1v) is 10.3. The van der Waals surface area contributed by atoms with Gasteiger partial charge in [0, 0.05) is 13.1 Å². The molecule has 1 N–H and O–H groups in total. The summed E-state index contributed by atoms with van der Waals surface area (Å²) in [4.78, 5) is 26.0. The maximum Gasteiger partial charge on any atom is 0.261 e. The topological polar surface area (TPSA) is 67.9 Å². The van der Waals surface area contributed by atoms with Crippen molar-refractivity contribution in [1.29, 1.82) is 0 Å². The van der Waals surface area contributed by atoms with E-state index in [2.05, 4.69) is 5.32 Å². The fourth-order valence-corrected chi connectivity index (χ4v) is 3.74. The SMILES string of the molecule is O=C1c2ccccc2C(=O)N1CCCCCCNCC1COc2ccccc2O1. The number of carbonyl (C=O) groups excluding carboxylic acids is 2. The molecule has 1 atom stereocenters. The molecule has 6 nitrogen and oxygen atoms in total. The molecule has 152 valence electrons. The molecule has 0 spiro atoms. The van der Waals surface area contributed by atoms with Crippen LogP contribution in [0.25, 0.3) is 0 Å². The number of imide groups is 1. The van der Waals surface area contributed by atoms with E-state index in [1.807, 2.05) is 24.3 Å². The van der Waals surface area contributed by atoms with Crippen LogP contribution in [0.1, 0.15) is 46.4 Å². The Labute approximate surface area is 170 Å². The summed E-state index contributed by atoms with van der Waals surface area (Å²) in [5.41, 5.74) is 1.05. The summed E-state index contributed by atoms with van der Waals surface area (Å²) in [7, 11) is 0. The van der Waals surface area contributed by atoms with Crippen molar-refractivity contribution in [3.8, 4) is 11.5 Å². The Balaban J connectivity index is 1.08. The third-order valence-corrected chi connectivity index (χ3v) is 5.30. The highest BCUT2D eigenvalue weighted by Crippen LogP contribution is 2.30. The van der Waals surface area contributed by atoms with Crippen molar-refractivity contribution in [2.75, 3.05) is 26.2 Å². The predicted octanol–water partition coefficient (Wildman–Crippen LogP) is 3.27. The molecule has 0 saturated heterocycles. The van der Waals surface area contributed by atoms with Gasteiger partial charge in [-0.1, -0.05) is 37.1 Å². The van der Waals surface area contributed by atoms with E-state index in [1.165, 1.54) is 4.90 Å². The smallest absolute Gasteiger partial charge is 0.261 e. The number of nitrogens with zero attached hydrogens (tertiary/aromatic N) is 1. The number of ether oxygens (including phenoxy) is 2. The lowest BCUT2D eigenvalue weighted by atomic mass is 10.1. The first kappa shape index (κ1) is 19.5. The minimum Gasteiger partial charge on any atom is -0.486 e. The summed E-state index contributed by atoms with van der Waals surface area (Å²) in [6.07, 6.45) is 3.96. The summed E-state index contributed by atoms with van der Waals surface area (Å²) in [5.74, 6) is 1.28. The largest absolute Gasteiger partial charge is 0.486 e. The van der Waals surface area contributed by atoms with Gasteiger partial charge in [-0.25, -0.2) is 0 Å². The summed E-state index contributed by atoms with van der Waals surface area (Å²) >= 11 is 0. The van der Waals surface area contributed by atoms with Gasteiger partial charge in [0.25, 0.3) is 11.8 Å². The molecule has 0 radical (unpaired) electrons. The highest BCUT2D eigenvalue weighted by molar-refractivity contribution is 6.21. The molecule has 0 aromatic heterocycles. The van der Waals surface area contributed by atoms with Gasteiger partial charge in [-0.05, 0) is 43.7 Å². The highest BCUT2D eigenvalue weighted by Gasteiger charge is 2.34. The first-order chi connectivity index (χ1) is 14.2. The summed E-state index contributed by atoms with van der Waals surface area (Å²) < 4.78 is 11.6. The number of hydrogen-bond donors (Lipinski definition) is 1. The number of hydrogen-bond acceptors (Lipinski definition) is 5. The number of para-hydroxylation sites is 2.